The van der Waals surface area contributed by atoms with Gasteiger partial charge < -0.3 is 10.1 Å². The first-order chi connectivity index (χ1) is 11.6. The predicted molar refractivity (Wildman–Crippen MR) is 95.1 cm³/mol. The molecule has 0 radical (unpaired) electrons. The molecular weight excluding hydrogens is 322 g/mol. The van der Waals surface area contributed by atoms with Crippen LogP contribution in [-0.4, -0.2) is 27.3 Å². The van der Waals surface area contributed by atoms with E-state index in [-0.39, 0.29) is 11.8 Å². The number of rotatable bonds is 6. The highest BCUT2D eigenvalue weighted by Gasteiger charge is 2.29. The van der Waals surface area contributed by atoms with Crippen LogP contribution in [0.2, 0.25) is 0 Å². The molecule has 4 nitrogen and oxygen atoms in total. The lowest BCUT2D eigenvalue weighted by molar-refractivity contribution is 0.304. The van der Waals surface area contributed by atoms with Crippen molar-refractivity contribution in [1.29, 1.82) is 0 Å². The Hall–Kier alpha value is -1.85. The van der Waals surface area contributed by atoms with Gasteiger partial charge in [0.15, 0.2) is 9.84 Å². The number of fused-ring (bicyclic) bond motifs is 1. The van der Waals surface area contributed by atoms with Crippen LogP contribution in [0.25, 0.3) is 0 Å². The molecule has 1 heterocycles. The molecular formula is C19H23NO3S. The Morgan fingerprint density at radius 1 is 1.12 bits per heavy atom. The summed E-state index contributed by atoms with van der Waals surface area (Å²) in [5.74, 6) is 1.09. The number of ether oxygens (including phenoxy) is 1. The lowest BCUT2D eigenvalue weighted by Crippen LogP contribution is -2.30. The summed E-state index contributed by atoms with van der Waals surface area (Å²) >= 11 is 0. The number of hydrogen-bond acceptors (Lipinski definition) is 4. The zero-order valence-corrected chi connectivity index (χ0v) is 14.7. The molecule has 0 aliphatic carbocycles. The van der Waals surface area contributed by atoms with Gasteiger partial charge in [-0.25, -0.2) is 8.42 Å². The van der Waals surface area contributed by atoms with E-state index in [0.29, 0.717) is 17.9 Å². The standard InChI is InChI=1S/C19H23NO3S/c1-15-7-9-16(10-8-15)23-13-4-12-20-18-11-14-24(21,22)19-6-3-2-5-17(18)19/h2-3,5-10,18,20H,4,11-14H2,1H3/t18-/m0/s1. The third-order valence-corrected chi connectivity index (χ3v) is 6.12. The van der Waals surface area contributed by atoms with E-state index in [1.165, 1.54) is 5.56 Å². The summed E-state index contributed by atoms with van der Waals surface area (Å²) in [4.78, 5) is 0.477. The zero-order valence-electron chi connectivity index (χ0n) is 13.9. The topological polar surface area (TPSA) is 55.4 Å². The van der Waals surface area contributed by atoms with Crippen molar-refractivity contribution in [3.05, 3.63) is 59.7 Å². The summed E-state index contributed by atoms with van der Waals surface area (Å²) in [6.07, 6.45) is 1.50. The van der Waals surface area contributed by atoms with Gasteiger partial charge in [0.25, 0.3) is 0 Å². The van der Waals surface area contributed by atoms with Gasteiger partial charge in [0, 0.05) is 6.04 Å². The minimum Gasteiger partial charge on any atom is -0.494 e. The van der Waals surface area contributed by atoms with Crippen molar-refractivity contribution < 1.29 is 13.2 Å². The molecule has 24 heavy (non-hydrogen) atoms. The lowest BCUT2D eigenvalue weighted by Gasteiger charge is -2.26. The van der Waals surface area contributed by atoms with Gasteiger partial charge >= 0.3 is 0 Å². The average molecular weight is 345 g/mol. The summed E-state index contributed by atoms with van der Waals surface area (Å²) in [7, 11) is -3.11. The first-order valence-corrected chi connectivity index (χ1v) is 9.96. The largest absolute Gasteiger partial charge is 0.494 e. The zero-order chi connectivity index (χ0) is 17.0. The van der Waals surface area contributed by atoms with Crippen LogP contribution < -0.4 is 10.1 Å². The van der Waals surface area contributed by atoms with Crippen molar-refractivity contribution in [2.45, 2.75) is 30.7 Å². The minimum absolute atomic E-state index is 0.101. The van der Waals surface area contributed by atoms with Gasteiger partial charge in [0.05, 0.1) is 17.3 Å². The Bertz CT molecular complexity index is 785. The van der Waals surface area contributed by atoms with E-state index >= 15 is 0 Å². The van der Waals surface area contributed by atoms with Crippen molar-refractivity contribution in [2.24, 2.45) is 0 Å². The molecule has 3 rings (SSSR count). The maximum absolute atomic E-state index is 12.1. The fourth-order valence-corrected chi connectivity index (χ4v) is 4.60. The molecule has 0 saturated carbocycles. The highest BCUT2D eigenvalue weighted by atomic mass is 32.2. The Morgan fingerprint density at radius 2 is 1.88 bits per heavy atom. The van der Waals surface area contributed by atoms with Gasteiger partial charge in [0.2, 0.25) is 0 Å². The monoisotopic (exact) mass is 345 g/mol. The Morgan fingerprint density at radius 3 is 2.67 bits per heavy atom. The van der Waals surface area contributed by atoms with Gasteiger partial charge in [0.1, 0.15) is 5.75 Å². The molecule has 2 aromatic rings. The fraction of sp³-hybridized carbons (Fsp3) is 0.368. The van der Waals surface area contributed by atoms with E-state index < -0.39 is 9.84 Å². The number of hydrogen-bond donors (Lipinski definition) is 1. The van der Waals surface area contributed by atoms with Crippen molar-refractivity contribution >= 4 is 9.84 Å². The maximum Gasteiger partial charge on any atom is 0.178 e. The fourth-order valence-electron chi connectivity index (χ4n) is 2.98. The van der Waals surface area contributed by atoms with Crippen molar-refractivity contribution in [3.8, 4) is 5.75 Å². The van der Waals surface area contributed by atoms with Crippen LogP contribution in [-0.2, 0) is 9.84 Å². The van der Waals surface area contributed by atoms with Crippen LogP contribution in [0.5, 0.6) is 5.75 Å². The molecule has 1 N–H and O–H groups in total. The van der Waals surface area contributed by atoms with Gasteiger partial charge in [-0.15, -0.1) is 0 Å². The molecule has 5 heteroatoms. The van der Waals surface area contributed by atoms with Gasteiger partial charge in [-0.2, -0.15) is 0 Å². The van der Waals surface area contributed by atoms with Crippen LogP contribution in [0.15, 0.2) is 53.4 Å². The highest BCUT2D eigenvalue weighted by Crippen LogP contribution is 2.31. The Labute approximate surface area is 143 Å². The summed E-state index contributed by atoms with van der Waals surface area (Å²) < 4.78 is 30.0. The van der Waals surface area contributed by atoms with Crippen LogP contribution >= 0.6 is 0 Å². The molecule has 0 fully saturated rings. The maximum atomic E-state index is 12.1. The molecule has 1 aliphatic rings. The van der Waals surface area contributed by atoms with Crippen LogP contribution in [0.3, 0.4) is 0 Å². The average Bonchev–Trinajstić information content (AvgIpc) is 2.58. The van der Waals surface area contributed by atoms with Crippen molar-refractivity contribution in [1.82, 2.24) is 5.32 Å². The number of benzene rings is 2. The van der Waals surface area contributed by atoms with Gasteiger partial charge in [-0.1, -0.05) is 35.9 Å². The molecule has 0 aromatic heterocycles. The second kappa shape index (κ2) is 7.36. The number of sulfone groups is 1. The molecule has 0 bridgehead atoms. The predicted octanol–water partition coefficient (Wildman–Crippen LogP) is 3.27. The molecule has 0 saturated heterocycles. The van der Waals surface area contributed by atoms with Gasteiger partial charge in [-0.05, 0) is 50.1 Å². The normalized spacial score (nSPS) is 18.8. The summed E-state index contributed by atoms with van der Waals surface area (Å²) in [6, 6.07) is 15.4. The summed E-state index contributed by atoms with van der Waals surface area (Å²) in [5, 5.41) is 3.47. The molecule has 1 atom stereocenters. The Kier molecular flexibility index (Phi) is 5.21. The highest BCUT2D eigenvalue weighted by molar-refractivity contribution is 7.91. The molecule has 0 unspecified atom stereocenters. The quantitative estimate of drug-likeness (QED) is 0.817. The molecule has 0 spiro atoms. The molecule has 0 amide bonds. The van der Waals surface area contributed by atoms with E-state index in [9.17, 15) is 8.42 Å². The smallest absolute Gasteiger partial charge is 0.178 e. The van der Waals surface area contributed by atoms with Crippen LogP contribution in [0.1, 0.15) is 30.0 Å². The SMILES string of the molecule is Cc1ccc(OCCCN[C@H]2CCS(=O)(=O)c3ccccc32)cc1. The number of nitrogens with one attached hydrogen (secondary N) is 1. The Balaban J connectivity index is 1.50. The summed E-state index contributed by atoms with van der Waals surface area (Å²) in [6.45, 7) is 3.49. The minimum atomic E-state index is -3.11. The first kappa shape index (κ1) is 17.0. The first-order valence-electron chi connectivity index (χ1n) is 8.31. The molecule has 2 aromatic carbocycles. The van der Waals surface area contributed by atoms with E-state index in [4.69, 9.17) is 4.74 Å². The molecule has 128 valence electrons. The van der Waals surface area contributed by atoms with E-state index in [2.05, 4.69) is 12.2 Å². The summed E-state index contributed by atoms with van der Waals surface area (Å²) in [5.41, 5.74) is 2.11. The lowest BCUT2D eigenvalue weighted by atomic mass is 10.0. The van der Waals surface area contributed by atoms with Crippen LogP contribution in [0.4, 0.5) is 0 Å². The van der Waals surface area contributed by atoms with Crippen molar-refractivity contribution in [3.63, 3.8) is 0 Å². The van der Waals surface area contributed by atoms with Gasteiger partial charge in [-0.3, -0.25) is 0 Å². The number of aryl methyl sites for hydroxylation is 1. The van der Waals surface area contributed by atoms with Crippen molar-refractivity contribution in [2.75, 3.05) is 18.9 Å². The third kappa shape index (κ3) is 3.97. The second-order valence-corrected chi connectivity index (χ2v) is 8.24. The van der Waals surface area contributed by atoms with E-state index in [1.54, 1.807) is 12.1 Å². The second-order valence-electron chi connectivity index (χ2n) is 6.17. The van der Waals surface area contributed by atoms with Crippen LogP contribution in [0, 0.1) is 6.92 Å². The van der Waals surface area contributed by atoms with E-state index in [0.717, 1.165) is 24.3 Å². The third-order valence-electron chi connectivity index (χ3n) is 4.31. The van der Waals surface area contributed by atoms with E-state index in [1.807, 2.05) is 36.4 Å². The molecule has 1 aliphatic heterocycles.